The molecule has 2 amide bonds. The number of carbonyl (C=O) groups is 2. The van der Waals surface area contributed by atoms with Gasteiger partial charge in [-0.25, -0.2) is 0 Å². The van der Waals surface area contributed by atoms with Crippen LogP contribution in [-0.4, -0.2) is 66.8 Å². The number of ether oxygens (including phenoxy) is 2. The largest absolute Gasteiger partial charge is 0.379 e. The third-order valence-corrected chi connectivity index (χ3v) is 4.22. The maximum atomic E-state index is 12.4. The number of aromatic nitrogens is 1. The van der Waals surface area contributed by atoms with Crippen LogP contribution in [0.3, 0.4) is 0 Å². The predicted octanol–water partition coefficient (Wildman–Crippen LogP) is 1.24. The summed E-state index contributed by atoms with van der Waals surface area (Å²) in [5, 5.41) is 3.01. The molecule has 0 unspecified atom stereocenters. The first-order chi connectivity index (χ1) is 12.1. The normalized spacial score (nSPS) is 16.5. The number of rotatable bonds is 8. The van der Waals surface area contributed by atoms with Crippen LogP contribution >= 0.6 is 0 Å². The Morgan fingerprint density at radius 3 is 2.60 bits per heavy atom. The van der Waals surface area contributed by atoms with Crippen LogP contribution in [0.2, 0.25) is 0 Å². The molecule has 0 aliphatic carbocycles. The predicted molar refractivity (Wildman–Crippen MR) is 93.2 cm³/mol. The third kappa shape index (κ3) is 6.10. The Morgan fingerprint density at radius 1 is 1.28 bits per heavy atom. The van der Waals surface area contributed by atoms with E-state index in [2.05, 4.69) is 10.3 Å². The summed E-state index contributed by atoms with van der Waals surface area (Å²) in [4.78, 5) is 30.3. The van der Waals surface area contributed by atoms with Gasteiger partial charge in [-0.1, -0.05) is 0 Å². The number of pyridine rings is 1. The highest BCUT2D eigenvalue weighted by atomic mass is 16.5. The minimum atomic E-state index is -0.503. The molecule has 1 aliphatic heterocycles. The van der Waals surface area contributed by atoms with Crippen LogP contribution < -0.4 is 5.32 Å². The molecular weight excluding hydrogens is 322 g/mol. The molecule has 0 saturated carbocycles. The van der Waals surface area contributed by atoms with Gasteiger partial charge in [0, 0.05) is 43.7 Å². The molecule has 1 aromatic heterocycles. The Labute approximate surface area is 148 Å². The first-order valence-electron chi connectivity index (χ1n) is 8.80. The van der Waals surface area contributed by atoms with E-state index in [4.69, 9.17) is 9.47 Å². The summed E-state index contributed by atoms with van der Waals surface area (Å²) in [6.07, 6.45) is 4.22. The fourth-order valence-corrected chi connectivity index (χ4v) is 2.73. The van der Waals surface area contributed by atoms with Crippen LogP contribution in [0.15, 0.2) is 24.5 Å². The SMILES string of the molecule is CCOCCO[C@@H](C)C(=O)NC1CCN(C(=O)c2ccncc2)CC1. The average molecular weight is 349 g/mol. The van der Waals surface area contributed by atoms with Crippen molar-refractivity contribution >= 4 is 11.8 Å². The second-order valence-electron chi connectivity index (χ2n) is 6.02. The van der Waals surface area contributed by atoms with Gasteiger partial charge in [0.15, 0.2) is 0 Å². The summed E-state index contributed by atoms with van der Waals surface area (Å²) in [5.74, 6) is -0.102. The summed E-state index contributed by atoms with van der Waals surface area (Å²) in [6.45, 7) is 6.45. The van der Waals surface area contributed by atoms with Gasteiger partial charge < -0.3 is 19.7 Å². The van der Waals surface area contributed by atoms with Gasteiger partial charge >= 0.3 is 0 Å². The smallest absolute Gasteiger partial charge is 0.253 e. The number of carbonyl (C=O) groups excluding carboxylic acids is 2. The molecule has 1 aliphatic rings. The molecule has 0 radical (unpaired) electrons. The van der Waals surface area contributed by atoms with Crippen LogP contribution in [0.25, 0.3) is 0 Å². The zero-order chi connectivity index (χ0) is 18.1. The molecule has 0 aromatic carbocycles. The van der Waals surface area contributed by atoms with Crippen LogP contribution in [0.5, 0.6) is 0 Å². The Kier molecular flexibility index (Phi) is 7.81. The highest BCUT2D eigenvalue weighted by Gasteiger charge is 2.25. The van der Waals surface area contributed by atoms with Gasteiger partial charge in [-0.15, -0.1) is 0 Å². The second-order valence-corrected chi connectivity index (χ2v) is 6.02. The lowest BCUT2D eigenvalue weighted by atomic mass is 10.0. The number of hydrogen-bond acceptors (Lipinski definition) is 5. The molecule has 7 heteroatoms. The maximum Gasteiger partial charge on any atom is 0.253 e. The van der Waals surface area contributed by atoms with Gasteiger partial charge in [-0.05, 0) is 38.8 Å². The van der Waals surface area contributed by atoms with Crippen molar-refractivity contribution in [1.82, 2.24) is 15.2 Å². The highest BCUT2D eigenvalue weighted by Crippen LogP contribution is 2.14. The van der Waals surface area contributed by atoms with Crippen molar-refractivity contribution in [2.24, 2.45) is 0 Å². The molecule has 7 nitrogen and oxygen atoms in total. The summed E-state index contributed by atoms with van der Waals surface area (Å²) in [7, 11) is 0. The number of nitrogens with zero attached hydrogens (tertiary/aromatic N) is 2. The van der Waals surface area contributed by atoms with Crippen LogP contribution in [0, 0.1) is 0 Å². The van der Waals surface area contributed by atoms with Crippen molar-refractivity contribution in [2.75, 3.05) is 32.9 Å². The lowest BCUT2D eigenvalue weighted by molar-refractivity contribution is -0.133. The minimum absolute atomic E-state index is 0.0137. The van der Waals surface area contributed by atoms with Gasteiger partial charge in [0.25, 0.3) is 5.91 Å². The Balaban J connectivity index is 1.71. The molecule has 138 valence electrons. The van der Waals surface area contributed by atoms with Gasteiger partial charge in [0.1, 0.15) is 6.10 Å². The Hall–Kier alpha value is -1.99. The number of piperidine rings is 1. The molecule has 25 heavy (non-hydrogen) atoms. The molecule has 2 rings (SSSR count). The van der Waals surface area contributed by atoms with Crippen molar-refractivity contribution in [3.63, 3.8) is 0 Å². The topological polar surface area (TPSA) is 80.8 Å². The maximum absolute atomic E-state index is 12.4. The molecule has 1 atom stereocenters. The van der Waals surface area contributed by atoms with Crippen LogP contribution in [0.4, 0.5) is 0 Å². The van der Waals surface area contributed by atoms with Crippen molar-refractivity contribution in [1.29, 1.82) is 0 Å². The molecule has 2 heterocycles. The average Bonchev–Trinajstić information content (AvgIpc) is 2.65. The van der Waals surface area contributed by atoms with E-state index in [9.17, 15) is 9.59 Å². The van der Waals surface area contributed by atoms with Crippen LogP contribution in [-0.2, 0) is 14.3 Å². The molecule has 0 spiro atoms. The highest BCUT2D eigenvalue weighted by molar-refractivity contribution is 5.94. The van der Waals surface area contributed by atoms with Gasteiger partial charge in [-0.2, -0.15) is 0 Å². The molecule has 1 fully saturated rings. The monoisotopic (exact) mass is 349 g/mol. The quantitative estimate of drug-likeness (QED) is 0.714. The summed E-state index contributed by atoms with van der Waals surface area (Å²) < 4.78 is 10.6. The zero-order valence-electron chi connectivity index (χ0n) is 14.9. The zero-order valence-corrected chi connectivity index (χ0v) is 14.9. The number of nitrogens with one attached hydrogen (secondary N) is 1. The lowest BCUT2D eigenvalue weighted by Gasteiger charge is -2.33. The van der Waals surface area contributed by atoms with Crippen molar-refractivity contribution in [2.45, 2.75) is 38.8 Å². The first kappa shape index (κ1) is 19.3. The van der Waals surface area contributed by atoms with Crippen LogP contribution in [0.1, 0.15) is 37.0 Å². The summed E-state index contributed by atoms with van der Waals surface area (Å²) in [5.41, 5.74) is 0.647. The van der Waals surface area contributed by atoms with E-state index in [1.807, 2.05) is 11.8 Å². The fourth-order valence-electron chi connectivity index (χ4n) is 2.73. The molecule has 1 N–H and O–H groups in total. The molecule has 1 aromatic rings. The number of amides is 2. The first-order valence-corrected chi connectivity index (χ1v) is 8.80. The standard InChI is InChI=1S/C18H27N3O4/c1-3-24-12-13-25-14(2)17(22)20-16-6-10-21(11-7-16)18(23)15-4-8-19-9-5-15/h4-5,8-9,14,16H,3,6-7,10-13H2,1-2H3,(H,20,22)/t14-/m0/s1. The summed E-state index contributed by atoms with van der Waals surface area (Å²) >= 11 is 0. The molecule has 1 saturated heterocycles. The second kappa shape index (κ2) is 10.1. The number of hydrogen-bond donors (Lipinski definition) is 1. The van der Waals surface area contributed by atoms with Gasteiger partial charge in [0.2, 0.25) is 5.91 Å². The molecule has 0 bridgehead atoms. The fraction of sp³-hybridized carbons (Fsp3) is 0.611. The van der Waals surface area contributed by atoms with E-state index < -0.39 is 6.10 Å². The van der Waals surface area contributed by atoms with E-state index >= 15 is 0 Å². The van der Waals surface area contributed by atoms with E-state index in [0.29, 0.717) is 38.5 Å². The van der Waals surface area contributed by atoms with Gasteiger partial charge in [0.05, 0.1) is 13.2 Å². The van der Waals surface area contributed by atoms with Crippen molar-refractivity contribution < 1.29 is 19.1 Å². The Bertz CT molecular complexity index is 545. The van der Waals surface area contributed by atoms with E-state index in [1.54, 1.807) is 31.5 Å². The van der Waals surface area contributed by atoms with Crippen molar-refractivity contribution in [3.8, 4) is 0 Å². The van der Waals surface area contributed by atoms with E-state index in [1.165, 1.54) is 0 Å². The van der Waals surface area contributed by atoms with Gasteiger partial charge in [-0.3, -0.25) is 14.6 Å². The van der Waals surface area contributed by atoms with Crippen molar-refractivity contribution in [3.05, 3.63) is 30.1 Å². The van der Waals surface area contributed by atoms with E-state index in [0.717, 1.165) is 12.8 Å². The van der Waals surface area contributed by atoms with E-state index in [-0.39, 0.29) is 17.9 Å². The molecular formula is C18H27N3O4. The Morgan fingerprint density at radius 2 is 1.96 bits per heavy atom. The number of likely N-dealkylation sites (tertiary alicyclic amines) is 1. The summed E-state index contributed by atoms with van der Waals surface area (Å²) in [6, 6.07) is 3.52. The minimum Gasteiger partial charge on any atom is -0.379 e. The third-order valence-electron chi connectivity index (χ3n) is 4.22. The lowest BCUT2D eigenvalue weighted by Crippen LogP contribution is -2.48.